The van der Waals surface area contributed by atoms with Gasteiger partial charge in [-0.3, -0.25) is 0 Å². The highest BCUT2D eigenvalue weighted by molar-refractivity contribution is 5.85. The molecule has 0 radical (unpaired) electrons. The zero-order valence-corrected chi connectivity index (χ0v) is 10.8. The fourth-order valence-corrected chi connectivity index (χ4v) is 1.93. The van der Waals surface area contributed by atoms with E-state index in [9.17, 15) is 0 Å². The summed E-state index contributed by atoms with van der Waals surface area (Å²) in [5.41, 5.74) is 2.57. The Morgan fingerprint density at radius 1 is 1.24 bits per heavy atom. The zero-order valence-electron chi connectivity index (χ0n) is 9.17. The Labute approximate surface area is 112 Å². The van der Waals surface area contributed by atoms with Crippen LogP contribution in [-0.2, 0) is 13.0 Å². The standard InChI is InChI=1S/C11H12N4.2ClH/c1-2-5-13-11(3-1)15-10-4-6-12-7-9(10)8-14-15;;/h1-3,5,8,12H,4,6-7H2;2*1H. The van der Waals surface area contributed by atoms with Crippen molar-refractivity contribution in [2.75, 3.05) is 6.54 Å². The lowest BCUT2D eigenvalue weighted by molar-refractivity contribution is 0.620. The topological polar surface area (TPSA) is 42.7 Å². The molecule has 0 bridgehead atoms. The average Bonchev–Trinajstić information content (AvgIpc) is 2.74. The van der Waals surface area contributed by atoms with Crippen LogP contribution in [0.15, 0.2) is 30.6 Å². The molecule has 4 nitrogen and oxygen atoms in total. The van der Waals surface area contributed by atoms with E-state index in [0.717, 1.165) is 25.3 Å². The molecule has 0 saturated carbocycles. The molecule has 1 aliphatic heterocycles. The van der Waals surface area contributed by atoms with Crippen LogP contribution in [-0.4, -0.2) is 21.3 Å². The lowest BCUT2D eigenvalue weighted by Gasteiger charge is -2.14. The minimum absolute atomic E-state index is 0. The van der Waals surface area contributed by atoms with E-state index in [1.54, 1.807) is 6.20 Å². The maximum atomic E-state index is 4.38. The Kier molecular flexibility index (Phi) is 4.93. The van der Waals surface area contributed by atoms with E-state index < -0.39 is 0 Å². The minimum atomic E-state index is 0. The van der Waals surface area contributed by atoms with Crippen LogP contribution in [0.25, 0.3) is 5.82 Å². The van der Waals surface area contributed by atoms with Gasteiger partial charge in [0.25, 0.3) is 0 Å². The zero-order chi connectivity index (χ0) is 10.1. The van der Waals surface area contributed by atoms with Gasteiger partial charge in [0.2, 0.25) is 0 Å². The molecule has 0 aromatic carbocycles. The number of aromatic nitrogens is 3. The molecule has 0 unspecified atom stereocenters. The Bertz CT molecular complexity index is 470. The third-order valence-electron chi connectivity index (χ3n) is 2.68. The molecule has 2 aromatic heterocycles. The molecule has 0 amide bonds. The molecule has 0 atom stereocenters. The molecule has 1 aliphatic rings. The third kappa shape index (κ3) is 2.60. The van der Waals surface area contributed by atoms with Crippen molar-refractivity contribution < 1.29 is 0 Å². The van der Waals surface area contributed by atoms with Gasteiger partial charge in [-0.25, -0.2) is 9.67 Å². The number of fused-ring (bicyclic) bond motifs is 1. The van der Waals surface area contributed by atoms with Crippen molar-refractivity contribution in [3.63, 3.8) is 0 Å². The Morgan fingerprint density at radius 2 is 2.12 bits per heavy atom. The van der Waals surface area contributed by atoms with Gasteiger partial charge in [-0.15, -0.1) is 24.8 Å². The summed E-state index contributed by atoms with van der Waals surface area (Å²) in [6.45, 7) is 1.94. The van der Waals surface area contributed by atoms with Gasteiger partial charge < -0.3 is 5.32 Å². The molecule has 6 heteroatoms. The fraction of sp³-hybridized carbons (Fsp3) is 0.273. The molecule has 0 saturated heterocycles. The van der Waals surface area contributed by atoms with Gasteiger partial charge in [-0.2, -0.15) is 5.10 Å². The second-order valence-electron chi connectivity index (χ2n) is 3.64. The van der Waals surface area contributed by atoms with Gasteiger partial charge in [-0.1, -0.05) is 6.07 Å². The highest BCUT2D eigenvalue weighted by Crippen LogP contribution is 2.16. The molecule has 3 rings (SSSR count). The molecule has 0 fully saturated rings. The maximum absolute atomic E-state index is 4.38. The largest absolute Gasteiger partial charge is 0.312 e. The summed E-state index contributed by atoms with van der Waals surface area (Å²) in [5.74, 6) is 0.903. The number of hydrogen-bond acceptors (Lipinski definition) is 3. The number of hydrogen-bond donors (Lipinski definition) is 1. The smallest absolute Gasteiger partial charge is 0.153 e. The fourth-order valence-electron chi connectivity index (χ4n) is 1.93. The number of rotatable bonds is 1. The quantitative estimate of drug-likeness (QED) is 0.861. The minimum Gasteiger partial charge on any atom is -0.312 e. The summed E-state index contributed by atoms with van der Waals surface area (Å²) in [7, 11) is 0. The third-order valence-corrected chi connectivity index (χ3v) is 2.68. The molecule has 2 aromatic rings. The first kappa shape index (κ1) is 14.0. The van der Waals surface area contributed by atoms with E-state index in [-0.39, 0.29) is 24.8 Å². The Balaban J connectivity index is 0.000000722. The molecular formula is C11H14Cl2N4. The summed E-state index contributed by atoms with van der Waals surface area (Å²) < 4.78 is 1.94. The van der Waals surface area contributed by atoms with Crippen molar-refractivity contribution in [2.45, 2.75) is 13.0 Å². The number of nitrogens with one attached hydrogen (secondary N) is 1. The normalized spacial score (nSPS) is 13.2. The predicted octanol–water partition coefficient (Wildman–Crippen LogP) is 1.76. The van der Waals surface area contributed by atoms with Crippen LogP contribution in [0.4, 0.5) is 0 Å². The van der Waals surface area contributed by atoms with Crippen molar-refractivity contribution in [1.82, 2.24) is 20.1 Å². The molecular weight excluding hydrogens is 259 g/mol. The summed E-state index contributed by atoms with van der Waals surface area (Å²) >= 11 is 0. The lowest BCUT2D eigenvalue weighted by Crippen LogP contribution is -2.24. The average molecular weight is 273 g/mol. The SMILES string of the molecule is Cl.Cl.c1ccc(-n2ncc3c2CCNC3)nc1. The van der Waals surface area contributed by atoms with E-state index in [1.165, 1.54) is 11.3 Å². The van der Waals surface area contributed by atoms with Crippen LogP contribution < -0.4 is 5.32 Å². The van der Waals surface area contributed by atoms with Gasteiger partial charge >= 0.3 is 0 Å². The van der Waals surface area contributed by atoms with Crippen molar-refractivity contribution in [3.8, 4) is 5.82 Å². The van der Waals surface area contributed by atoms with Gasteiger partial charge in [0.1, 0.15) is 0 Å². The van der Waals surface area contributed by atoms with Crippen LogP contribution >= 0.6 is 24.8 Å². The highest BCUT2D eigenvalue weighted by Gasteiger charge is 2.15. The summed E-state index contributed by atoms with van der Waals surface area (Å²) in [6, 6.07) is 5.88. The van der Waals surface area contributed by atoms with Crippen LogP contribution in [0.3, 0.4) is 0 Å². The van der Waals surface area contributed by atoms with E-state index in [1.807, 2.05) is 29.1 Å². The van der Waals surface area contributed by atoms with Crippen LogP contribution in [0.2, 0.25) is 0 Å². The van der Waals surface area contributed by atoms with E-state index in [2.05, 4.69) is 15.4 Å². The molecule has 3 heterocycles. The molecule has 0 spiro atoms. The van der Waals surface area contributed by atoms with Crippen molar-refractivity contribution >= 4 is 24.8 Å². The highest BCUT2D eigenvalue weighted by atomic mass is 35.5. The number of nitrogens with zero attached hydrogens (tertiary/aromatic N) is 3. The van der Waals surface area contributed by atoms with Gasteiger partial charge in [0.15, 0.2) is 5.82 Å². The molecule has 92 valence electrons. The first-order chi connectivity index (χ1) is 7.45. The first-order valence-electron chi connectivity index (χ1n) is 5.13. The summed E-state index contributed by atoms with van der Waals surface area (Å²) in [4.78, 5) is 4.31. The van der Waals surface area contributed by atoms with Crippen molar-refractivity contribution in [3.05, 3.63) is 41.9 Å². The summed E-state index contributed by atoms with van der Waals surface area (Å²) in [6.07, 6.45) is 4.74. The Hall–Kier alpha value is -1.10. The number of pyridine rings is 1. The van der Waals surface area contributed by atoms with Crippen LogP contribution in [0, 0.1) is 0 Å². The molecule has 1 N–H and O–H groups in total. The summed E-state index contributed by atoms with van der Waals surface area (Å²) in [5, 5.41) is 7.71. The van der Waals surface area contributed by atoms with Crippen molar-refractivity contribution in [1.29, 1.82) is 0 Å². The lowest BCUT2D eigenvalue weighted by atomic mass is 10.1. The maximum Gasteiger partial charge on any atom is 0.153 e. The van der Waals surface area contributed by atoms with E-state index in [0.29, 0.717) is 0 Å². The number of halogens is 2. The van der Waals surface area contributed by atoms with E-state index in [4.69, 9.17) is 0 Å². The van der Waals surface area contributed by atoms with E-state index >= 15 is 0 Å². The van der Waals surface area contributed by atoms with Gasteiger partial charge in [0, 0.05) is 31.3 Å². The predicted molar refractivity (Wildman–Crippen MR) is 71.3 cm³/mol. The second kappa shape index (κ2) is 6.00. The molecule has 17 heavy (non-hydrogen) atoms. The van der Waals surface area contributed by atoms with Gasteiger partial charge in [-0.05, 0) is 12.1 Å². The van der Waals surface area contributed by atoms with Crippen LogP contribution in [0.5, 0.6) is 0 Å². The Morgan fingerprint density at radius 3 is 2.88 bits per heavy atom. The second-order valence-corrected chi connectivity index (χ2v) is 3.64. The monoisotopic (exact) mass is 272 g/mol. The first-order valence-corrected chi connectivity index (χ1v) is 5.13. The van der Waals surface area contributed by atoms with Gasteiger partial charge in [0.05, 0.1) is 11.9 Å². The van der Waals surface area contributed by atoms with Crippen molar-refractivity contribution in [2.24, 2.45) is 0 Å². The van der Waals surface area contributed by atoms with Crippen LogP contribution in [0.1, 0.15) is 11.3 Å². The molecule has 0 aliphatic carbocycles.